The van der Waals surface area contributed by atoms with Gasteiger partial charge in [0.25, 0.3) is 5.91 Å². The van der Waals surface area contributed by atoms with Gasteiger partial charge in [-0.05, 0) is 83.9 Å². The Labute approximate surface area is 360 Å². The van der Waals surface area contributed by atoms with Crippen molar-refractivity contribution in [2.75, 3.05) is 26.2 Å². The average molecular weight is 882 g/mol. The highest BCUT2D eigenvalue weighted by Crippen LogP contribution is 2.36. The van der Waals surface area contributed by atoms with E-state index in [0.717, 1.165) is 10.9 Å². The summed E-state index contributed by atoms with van der Waals surface area (Å²) in [5, 5.41) is 7.81. The number of nitrogens with one attached hydrogen (secondary N) is 3. The number of halogens is 3. The number of likely N-dealkylation sites (tertiary alicyclic amines) is 1. The molecule has 1 aromatic carbocycles. The summed E-state index contributed by atoms with van der Waals surface area (Å²) in [4.78, 5) is 85.2. The third kappa shape index (κ3) is 13.7. The van der Waals surface area contributed by atoms with Crippen molar-refractivity contribution in [3.05, 3.63) is 47.7 Å². The highest BCUT2D eigenvalue weighted by molar-refractivity contribution is 6.67. The molecule has 0 unspecified atom stereocenters. The molecule has 2 aromatic rings. The van der Waals surface area contributed by atoms with Gasteiger partial charge in [0.05, 0.1) is 16.6 Å². The van der Waals surface area contributed by atoms with Crippen LogP contribution in [-0.4, -0.2) is 104 Å². The Kier molecular flexibility index (Phi) is 16.0. The van der Waals surface area contributed by atoms with Gasteiger partial charge in [-0.25, -0.2) is 15.2 Å². The second-order valence-electron chi connectivity index (χ2n) is 16.4. The summed E-state index contributed by atoms with van der Waals surface area (Å²) < 4.78 is 14.2. The van der Waals surface area contributed by atoms with Crippen LogP contribution in [0.25, 0.3) is 17.0 Å². The first-order chi connectivity index (χ1) is 27.5. The molecule has 2 aliphatic rings. The topological polar surface area (TPSA) is 186 Å². The molecule has 0 aliphatic carbocycles. The molecule has 2 aliphatic heterocycles. The zero-order valence-corrected chi connectivity index (χ0v) is 37.0. The zero-order valence-electron chi connectivity index (χ0n) is 34.7. The van der Waals surface area contributed by atoms with Crippen LogP contribution in [0.3, 0.4) is 0 Å². The van der Waals surface area contributed by atoms with Crippen molar-refractivity contribution in [1.82, 2.24) is 31.0 Å². The fraction of sp³-hybridized carbons (Fsp3) is 0.585. The number of nitrogens with zero attached hydrogens (tertiary/aromatic N) is 3. The van der Waals surface area contributed by atoms with Crippen molar-refractivity contribution >= 4 is 87.5 Å². The molecule has 18 heteroatoms. The SMILES string of the molecule is CC(=O)O[C@H](C)c1ccc2ccc(/C=C/C3(C(=O)N[C@H](C(=O)N[C@@H](C)C(=O)N4CCC[C@@H](C(=O)OCC(Cl)(Cl)Cl)N4)C(C)C)CCN(C(=O)OC(C)(C)C)CC3)cc2n1. The van der Waals surface area contributed by atoms with Gasteiger partial charge in [0, 0.05) is 31.9 Å². The first kappa shape index (κ1) is 47.5. The van der Waals surface area contributed by atoms with Crippen molar-refractivity contribution in [2.24, 2.45) is 11.3 Å². The Balaban J connectivity index is 1.53. The molecule has 1 aromatic heterocycles. The fourth-order valence-electron chi connectivity index (χ4n) is 6.72. The van der Waals surface area contributed by atoms with Crippen LogP contribution in [0.1, 0.15) is 98.4 Å². The molecule has 3 heterocycles. The van der Waals surface area contributed by atoms with Gasteiger partial charge >= 0.3 is 18.0 Å². The Hall–Kier alpha value is -4.18. The van der Waals surface area contributed by atoms with Gasteiger partial charge in [-0.15, -0.1) is 0 Å². The quantitative estimate of drug-likeness (QED) is 0.130. The Bertz CT molecular complexity index is 1910. The monoisotopic (exact) mass is 880 g/mol. The molecular formula is C41H55Cl3N6O9. The number of ether oxygens (including phenoxy) is 3. The Morgan fingerprint density at radius 3 is 2.25 bits per heavy atom. The summed E-state index contributed by atoms with van der Waals surface area (Å²) in [6.07, 6.45) is 3.92. The molecule has 2 fully saturated rings. The number of hydrogen-bond donors (Lipinski definition) is 3. The van der Waals surface area contributed by atoms with Gasteiger partial charge in [-0.3, -0.25) is 29.0 Å². The van der Waals surface area contributed by atoms with Crippen LogP contribution in [0.15, 0.2) is 36.4 Å². The molecule has 324 valence electrons. The van der Waals surface area contributed by atoms with E-state index in [9.17, 15) is 28.8 Å². The molecule has 3 N–H and O–H groups in total. The third-order valence-corrected chi connectivity index (χ3v) is 10.3. The summed E-state index contributed by atoms with van der Waals surface area (Å²) >= 11 is 17.1. The molecule has 0 bridgehead atoms. The van der Waals surface area contributed by atoms with Crippen LogP contribution >= 0.6 is 34.8 Å². The molecule has 59 heavy (non-hydrogen) atoms. The van der Waals surface area contributed by atoms with Gasteiger partial charge in [0.1, 0.15) is 36.4 Å². The molecule has 0 spiro atoms. The first-order valence-corrected chi connectivity index (χ1v) is 20.8. The van der Waals surface area contributed by atoms with Crippen LogP contribution in [0, 0.1) is 11.3 Å². The lowest BCUT2D eigenvalue weighted by molar-refractivity contribution is -0.153. The maximum atomic E-state index is 14.5. The minimum Gasteiger partial charge on any atom is -0.460 e. The normalized spacial score (nSPS) is 18.8. The van der Waals surface area contributed by atoms with E-state index in [1.807, 2.05) is 30.3 Å². The minimum absolute atomic E-state index is 0.218. The van der Waals surface area contributed by atoms with Crippen molar-refractivity contribution in [2.45, 2.75) is 115 Å². The number of hydrogen-bond acceptors (Lipinski definition) is 11. The highest BCUT2D eigenvalue weighted by atomic mass is 35.6. The molecule has 4 rings (SSSR count). The summed E-state index contributed by atoms with van der Waals surface area (Å²) in [7, 11) is 0. The minimum atomic E-state index is -1.79. The molecule has 0 saturated carbocycles. The largest absolute Gasteiger partial charge is 0.460 e. The number of rotatable bonds is 12. The van der Waals surface area contributed by atoms with Gasteiger partial charge < -0.3 is 29.7 Å². The number of esters is 2. The number of fused-ring (bicyclic) bond motifs is 1. The third-order valence-electron chi connectivity index (χ3n) is 9.93. The Morgan fingerprint density at radius 1 is 0.983 bits per heavy atom. The molecule has 2 saturated heterocycles. The van der Waals surface area contributed by atoms with Crippen molar-refractivity contribution in [3.63, 3.8) is 0 Å². The van der Waals surface area contributed by atoms with Crippen LogP contribution in [0.4, 0.5) is 4.79 Å². The first-order valence-electron chi connectivity index (χ1n) is 19.6. The summed E-state index contributed by atoms with van der Waals surface area (Å²) in [5.41, 5.74) is 3.00. The van der Waals surface area contributed by atoms with E-state index in [-0.39, 0.29) is 38.4 Å². The number of amides is 4. The average Bonchev–Trinajstić information content (AvgIpc) is 3.16. The van der Waals surface area contributed by atoms with E-state index in [1.165, 1.54) is 18.9 Å². The van der Waals surface area contributed by atoms with Gasteiger partial charge in [0.15, 0.2) is 0 Å². The summed E-state index contributed by atoms with van der Waals surface area (Å²) in [6.45, 7) is 13.8. The van der Waals surface area contributed by atoms with E-state index in [1.54, 1.807) is 58.6 Å². The smallest absolute Gasteiger partial charge is 0.410 e. The van der Waals surface area contributed by atoms with E-state index >= 15 is 0 Å². The number of benzene rings is 1. The summed E-state index contributed by atoms with van der Waals surface area (Å²) in [5.74, 6) is -2.99. The molecule has 0 radical (unpaired) electrons. The number of pyridine rings is 1. The van der Waals surface area contributed by atoms with Crippen molar-refractivity contribution < 1.29 is 43.0 Å². The predicted octanol–water partition coefficient (Wildman–Crippen LogP) is 5.94. The van der Waals surface area contributed by atoms with Crippen molar-refractivity contribution in [1.29, 1.82) is 0 Å². The number of alkyl halides is 3. The molecule has 15 nitrogen and oxygen atoms in total. The van der Waals surface area contributed by atoms with Crippen LogP contribution in [-0.2, 0) is 38.2 Å². The van der Waals surface area contributed by atoms with Crippen LogP contribution in [0.2, 0.25) is 0 Å². The lowest BCUT2D eigenvalue weighted by atomic mass is 9.76. The van der Waals surface area contributed by atoms with Gasteiger partial charge in [-0.2, -0.15) is 0 Å². The fourth-order valence-corrected chi connectivity index (χ4v) is 6.88. The molecular weight excluding hydrogens is 827 g/mol. The van der Waals surface area contributed by atoms with Crippen molar-refractivity contribution in [3.8, 4) is 0 Å². The van der Waals surface area contributed by atoms with E-state index in [2.05, 4.69) is 16.1 Å². The number of carbonyl (C=O) groups excluding carboxylic acids is 6. The van der Waals surface area contributed by atoms with Crippen LogP contribution < -0.4 is 16.1 Å². The zero-order chi connectivity index (χ0) is 43.9. The van der Waals surface area contributed by atoms with E-state index in [0.29, 0.717) is 24.1 Å². The maximum absolute atomic E-state index is 14.5. The second kappa shape index (κ2) is 19.9. The Morgan fingerprint density at radius 2 is 1.64 bits per heavy atom. The number of aromatic nitrogens is 1. The van der Waals surface area contributed by atoms with Crippen LogP contribution in [0.5, 0.6) is 0 Å². The standard InChI is InChI=1S/C41H55Cl3N6O9/c1-24(2)33(34(52)45-25(3)35(53)50-19-9-10-31(48-50)36(54)57-23-41(42,43)44)47-37(55)40(17-20-49(21-18-40)38(56)59-39(6,7)8)16-15-28-11-12-29-13-14-30(46-32(29)22-28)26(4)58-27(5)51/h11-16,22,24-26,31,33,48H,9-10,17-21,23H2,1-8H3,(H,45,52)(H,47,55)/b16-15+/t25-,26+,31-,33-/m0/s1. The second-order valence-corrected chi connectivity index (χ2v) is 18.9. The lowest BCUT2D eigenvalue weighted by Gasteiger charge is -2.40. The van der Waals surface area contributed by atoms with Gasteiger partial charge in [0.2, 0.25) is 15.6 Å². The van der Waals surface area contributed by atoms with Gasteiger partial charge in [-0.1, -0.05) is 79.0 Å². The number of hydrazine groups is 1. The highest BCUT2D eigenvalue weighted by Gasteiger charge is 2.43. The summed E-state index contributed by atoms with van der Waals surface area (Å²) in [6, 6.07) is 6.43. The van der Waals surface area contributed by atoms with E-state index < -0.39 is 81.4 Å². The molecule has 4 atom stereocenters. The lowest BCUT2D eigenvalue weighted by Crippen LogP contribution is -2.61. The maximum Gasteiger partial charge on any atom is 0.410 e. The molecule has 4 amide bonds. The van der Waals surface area contributed by atoms with E-state index in [4.69, 9.17) is 54.0 Å². The number of piperidine rings is 1. The number of carbonyl (C=O) groups is 6. The predicted molar refractivity (Wildman–Crippen MR) is 224 cm³/mol.